The largest absolute Gasteiger partial charge is 0.756 e. The van der Waals surface area contributed by atoms with Gasteiger partial charge in [0, 0.05) is 6.42 Å². The molecule has 0 spiro atoms. The molecule has 0 rings (SSSR count). The minimum atomic E-state index is -4.60. The topological polar surface area (TPSA) is 108 Å². The van der Waals surface area contributed by atoms with Gasteiger partial charge >= 0.3 is 0 Å². The molecule has 3 unspecified atom stereocenters. The van der Waals surface area contributed by atoms with Gasteiger partial charge in [0.2, 0.25) is 5.91 Å². The molecule has 0 fully saturated rings. The Hall–Kier alpha value is -1.02. The Morgan fingerprint density at radius 1 is 0.472 bits per heavy atom. The molecule has 0 saturated heterocycles. The fourth-order valence-electron chi connectivity index (χ4n) is 9.68. The predicted molar refractivity (Wildman–Crippen MR) is 312 cm³/mol. The number of hydrogen-bond acceptors (Lipinski definition) is 6. The number of amides is 1. The predicted octanol–water partition coefficient (Wildman–Crippen LogP) is 18.9. The number of nitrogens with zero attached hydrogens (tertiary/aromatic N) is 1. The normalized spacial score (nSPS) is 13.9. The molecule has 0 saturated carbocycles. The summed E-state index contributed by atoms with van der Waals surface area (Å²) in [5, 5.41) is 13.9. The maximum absolute atomic E-state index is 13.0. The smallest absolute Gasteiger partial charge is 0.268 e. The zero-order chi connectivity index (χ0) is 52.7. The molecule has 0 heterocycles. The van der Waals surface area contributed by atoms with Crippen LogP contribution in [-0.2, 0) is 18.4 Å². The third-order valence-electron chi connectivity index (χ3n) is 14.7. The highest BCUT2D eigenvalue weighted by Gasteiger charge is 2.23. The lowest BCUT2D eigenvalue weighted by Crippen LogP contribution is -2.45. The summed E-state index contributed by atoms with van der Waals surface area (Å²) in [7, 11) is 1.28. The quantitative estimate of drug-likeness (QED) is 0.0272. The van der Waals surface area contributed by atoms with E-state index >= 15 is 0 Å². The number of phosphoric ester groups is 1. The Morgan fingerprint density at radius 2 is 0.764 bits per heavy atom. The van der Waals surface area contributed by atoms with E-state index in [4.69, 9.17) is 9.05 Å². The molecule has 8 nitrogen and oxygen atoms in total. The Bertz CT molecular complexity index is 1220. The Labute approximate surface area is 449 Å². The molecule has 428 valence electrons. The number of allylic oxidation sites excluding steroid dienone is 3. The number of unbranched alkanes of at least 4 members (excludes halogenated alkanes) is 44. The van der Waals surface area contributed by atoms with Gasteiger partial charge in [-0.2, -0.15) is 0 Å². The second-order valence-corrected chi connectivity index (χ2v) is 24.5. The van der Waals surface area contributed by atoms with Crippen LogP contribution in [0.25, 0.3) is 0 Å². The van der Waals surface area contributed by atoms with E-state index in [-0.39, 0.29) is 19.1 Å². The van der Waals surface area contributed by atoms with Crippen LogP contribution >= 0.6 is 7.82 Å². The van der Waals surface area contributed by atoms with Crippen LogP contribution in [0.3, 0.4) is 0 Å². The number of rotatable bonds is 59. The van der Waals surface area contributed by atoms with Crippen molar-refractivity contribution in [2.24, 2.45) is 0 Å². The van der Waals surface area contributed by atoms with Gasteiger partial charge in [-0.3, -0.25) is 9.36 Å². The Morgan fingerprint density at radius 3 is 1.08 bits per heavy atom. The van der Waals surface area contributed by atoms with Crippen LogP contribution in [0.2, 0.25) is 0 Å². The van der Waals surface area contributed by atoms with Crippen molar-refractivity contribution >= 4 is 13.7 Å². The fraction of sp³-hybridized carbons (Fsp3) is 0.921. The first-order valence-corrected chi connectivity index (χ1v) is 33.2. The van der Waals surface area contributed by atoms with Crippen LogP contribution in [0, 0.1) is 0 Å². The average molecular weight is 1040 g/mol. The van der Waals surface area contributed by atoms with E-state index in [1.807, 2.05) is 27.2 Å². The van der Waals surface area contributed by atoms with Crippen molar-refractivity contribution in [3.8, 4) is 0 Å². The molecule has 1 amide bonds. The average Bonchev–Trinajstić information content (AvgIpc) is 3.34. The molecular weight excluding hydrogens is 912 g/mol. The van der Waals surface area contributed by atoms with E-state index in [1.54, 1.807) is 6.08 Å². The van der Waals surface area contributed by atoms with Crippen LogP contribution in [0.15, 0.2) is 24.3 Å². The molecule has 0 aliphatic carbocycles. The number of carbonyl (C=O) groups is 1. The number of phosphoric acid groups is 1. The van der Waals surface area contributed by atoms with Gasteiger partial charge in [0.15, 0.2) is 0 Å². The molecular formula is C63H125N2O6P. The summed E-state index contributed by atoms with van der Waals surface area (Å²) in [6.45, 7) is 4.70. The van der Waals surface area contributed by atoms with Gasteiger partial charge in [-0.05, 0) is 44.9 Å². The number of likely N-dealkylation sites (N-methyl/N-ethyl adjacent to an activating group) is 1. The molecule has 0 aromatic carbocycles. The second kappa shape index (κ2) is 54.8. The van der Waals surface area contributed by atoms with Crippen LogP contribution in [0.5, 0.6) is 0 Å². The maximum atomic E-state index is 13.0. The number of aliphatic hydroxyl groups excluding tert-OH is 1. The zero-order valence-electron chi connectivity index (χ0n) is 48.9. The maximum Gasteiger partial charge on any atom is 0.268 e. The Balaban J connectivity index is 4.13. The third-order valence-corrected chi connectivity index (χ3v) is 15.6. The van der Waals surface area contributed by atoms with Crippen molar-refractivity contribution in [1.82, 2.24) is 5.32 Å². The lowest BCUT2D eigenvalue weighted by Gasteiger charge is -2.29. The summed E-state index contributed by atoms with van der Waals surface area (Å²) in [5.41, 5.74) is 0. The van der Waals surface area contributed by atoms with Crippen molar-refractivity contribution < 1.29 is 32.9 Å². The van der Waals surface area contributed by atoms with Crippen LogP contribution in [0.4, 0.5) is 0 Å². The van der Waals surface area contributed by atoms with Gasteiger partial charge in [0.05, 0.1) is 39.9 Å². The summed E-state index contributed by atoms with van der Waals surface area (Å²) >= 11 is 0. The summed E-state index contributed by atoms with van der Waals surface area (Å²) in [6, 6.07) is -0.886. The van der Waals surface area contributed by atoms with Crippen LogP contribution in [0.1, 0.15) is 322 Å². The molecule has 9 heteroatoms. The molecule has 0 radical (unpaired) electrons. The molecule has 0 aliphatic heterocycles. The van der Waals surface area contributed by atoms with Gasteiger partial charge < -0.3 is 28.8 Å². The van der Waals surface area contributed by atoms with Crippen molar-refractivity contribution in [2.45, 2.75) is 334 Å². The van der Waals surface area contributed by atoms with Crippen molar-refractivity contribution in [1.29, 1.82) is 0 Å². The van der Waals surface area contributed by atoms with Gasteiger partial charge in [-0.15, -0.1) is 0 Å². The number of hydrogen-bond donors (Lipinski definition) is 2. The minimum absolute atomic E-state index is 0.000907. The van der Waals surface area contributed by atoms with Crippen LogP contribution < -0.4 is 10.2 Å². The molecule has 0 aliphatic rings. The molecule has 3 atom stereocenters. The van der Waals surface area contributed by atoms with Crippen molar-refractivity contribution in [3.63, 3.8) is 0 Å². The highest BCUT2D eigenvalue weighted by atomic mass is 31.2. The van der Waals surface area contributed by atoms with Crippen molar-refractivity contribution in [2.75, 3.05) is 40.9 Å². The third kappa shape index (κ3) is 56.7. The Kier molecular flexibility index (Phi) is 54.0. The first-order chi connectivity index (χ1) is 35.0. The highest BCUT2D eigenvalue weighted by molar-refractivity contribution is 7.45. The van der Waals surface area contributed by atoms with Gasteiger partial charge in [0.1, 0.15) is 13.2 Å². The summed E-state index contributed by atoms with van der Waals surface area (Å²) in [4.78, 5) is 25.6. The van der Waals surface area contributed by atoms with Gasteiger partial charge in [0.25, 0.3) is 7.82 Å². The molecule has 0 aromatic rings. The number of aliphatic hydroxyl groups is 1. The van der Waals surface area contributed by atoms with Gasteiger partial charge in [-0.25, -0.2) is 0 Å². The van der Waals surface area contributed by atoms with E-state index in [1.165, 1.54) is 263 Å². The van der Waals surface area contributed by atoms with Gasteiger partial charge in [-0.1, -0.05) is 295 Å². The SMILES string of the molecule is CCCCCCCCCC/C=C\CCCCCCCCCCCCCC(=O)NC(COP(=O)([O-])OCC[N+](C)(C)C)C(O)/C=C/CCCCCCCCCCCCCCCCCCCCCCCCCCC. The first-order valence-electron chi connectivity index (χ1n) is 31.7. The second-order valence-electron chi connectivity index (χ2n) is 23.1. The van der Waals surface area contributed by atoms with Crippen LogP contribution in [-0.4, -0.2) is 68.5 Å². The molecule has 0 aromatic heterocycles. The van der Waals surface area contributed by atoms with Crippen molar-refractivity contribution in [3.05, 3.63) is 24.3 Å². The summed E-state index contributed by atoms with van der Waals surface area (Å²) < 4.78 is 23.4. The van der Waals surface area contributed by atoms with E-state index in [0.29, 0.717) is 17.4 Å². The fourth-order valence-corrected chi connectivity index (χ4v) is 10.4. The number of nitrogens with one attached hydrogen (secondary N) is 1. The van der Waals surface area contributed by atoms with E-state index in [9.17, 15) is 19.4 Å². The van der Waals surface area contributed by atoms with E-state index < -0.39 is 20.0 Å². The number of quaternary nitrogens is 1. The lowest BCUT2D eigenvalue weighted by atomic mass is 10.0. The summed E-state index contributed by atoms with van der Waals surface area (Å²) in [6.07, 6.45) is 69.8. The van der Waals surface area contributed by atoms with E-state index in [0.717, 1.165) is 38.5 Å². The molecule has 2 N–H and O–H groups in total. The zero-order valence-corrected chi connectivity index (χ0v) is 49.8. The summed E-state index contributed by atoms with van der Waals surface area (Å²) in [5.74, 6) is -0.193. The van der Waals surface area contributed by atoms with E-state index in [2.05, 4.69) is 31.3 Å². The number of carbonyl (C=O) groups excluding carboxylic acids is 1. The lowest BCUT2D eigenvalue weighted by molar-refractivity contribution is -0.870. The first kappa shape index (κ1) is 71.0. The molecule has 72 heavy (non-hydrogen) atoms. The highest BCUT2D eigenvalue weighted by Crippen LogP contribution is 2.38. The monoisotopic (exact) mass is 1040 g/mol. The standard InChI is InChI=1S/C63H125N2O6P/c1-6-8-10-12-14-16-18-20-22-24-26-28-30-31-32-33-35-36-38-40-42-44-46-48-50-52-54-56-62(66)61(60-71-72(68,69)70-59-58-65(3,4)5)64-63(67)57-55-53-51-49-47-45-43-41-39-37-34-29-27-25-23-21-19-17-15-13-11-9-7-2/h25,27,54,56,61-62,66H,6-24,26,28-53,55,57-60H2,1-5H3,(H-,64,67,68,69)/b27-25-,56-54+. The minimum Gasteiger partial charge on any atom is -0.756 e. The molecule has 0 bridgehead atoms.